The van der Waals surface area contributed by atoms with Gasteiger partial charge in [0, 0.05) is 6.42 Å². The molecule has 0 amide bonds. The standard InChI is InChI=1S/C29H44O3/c1-19(8-7-17-30)23-11-12-24-22-10-9-20-18-21(32-26(31)27(2,3)4)13-15-28(20,5)25(22)14-16-29(23,24)6/h7-9,17,19,21-25H,10-16,18H2,1-6H3/t19-,21+,22+,23-,24+,25+,28+,29-/m1/s1. The van der Waals surface area contributed by atoms with Crippen molar-refractivity contribution in [2.24, 2.45) is 45.8 Å². The fourth-order valence-corrected chi connectivity index (χ4v) is 8.32. The van der Waals surface area contributed by atoms with Crippen molar-refractivity contribution in [1.82, 2.24) is 0 Å². The highest BCUT2D eigenvalue weighted by molar-refractivity contribution is 5.75. The third kappa shape index (κ3) is 3.92. The van der Waals surface area contributed by atoms with E-state index in [1.165, 1.54) is 32.1 Å². The van der Waals surface area contributed by atoms with E-state index in [9.17, 15) is 9.59 Å². The van der Waals surface area contributed by atoms with Crippen LogP contribution in [-0.4, -0.2) is 18.4 Å². The summed E-state index contributed by atoms with van der Waals surface area (Å²) in [6, 6.07) is 0. The van der Waals surface area contributed by atoms with Crippen LogP contribution < -0.4 is 0 Å². The van der Waals surface area contributed by atoms with E-state index in [1.54, 1.807) is 11.6 Å². The summed E-state index contributed by atoms with van der Waals surface area (Å²) in [5, 5.41) is 0. The maximum Gasteiger partial charge on any atom is 0.311 e. The highest BCUT2D eigenvalue weighted by Crippen LogP contribution is 2.67. The summed E-state index contributed by atoms with van der Waals surface area (Å²) in [6.45, 7) is 13.2. The van der Waals surface area contributed by atoms with E-state index < -0.39 is 5.41 Å². The minimum atomic E-state index is -0.433. The fourth-order valence-electron chi connectivity index (χ4n) is 8.32. The Morgan fingerprint density at radius 3 is 2.56 bits per heavy atom. The van der Waals surface area contributed by atoms with Gasteiger partial charge in [0.2, 0.25) is 0 Å². The lowest BCUT2D eigenvalue weighted by Crippen LogP contribution is -2.51. The summed E-state index contributed by atoms with van der Waals surface area (Å²) in [6.07, 6.45) is 16.9. The number of carbonyl (C=O) groups is 2. The minimum absolute atomic E-state index is 0.0489. The lowest BCUT2D eigenvalue weighted by molar-refractivity contribution is -0.161. The van der Waals surface area contributed by atoms with Crippen LogP contribution in [0.1, 0.15) is 92.9 Å². The Hall–Kier alpha value is -1.38. The molecule has 0 spiro atoms. The molecule has 3 heteroatoms. The molecule has 0 bridgehead atoms. The summed E-state index contributed by atoms with van der Waals surface area (Å²) in [4.78, 5) is 23.3. The molecule has 0 unspecified atom stereocenters. The molecule has 0 N–H and O–H groups in total. The van der Waals surface area contributed by atoms with E-state index >= 15 is 0 Å². The maximum absolute atomic E-state index is 12.4. The van der Waals surface area contributed by atoms with E-state index in [0.717, 1.165) is 43.3 Å². The van der Waals surface area contributed by atoms with Gasteiger partial charge in [0.25, 0.3) is 0 Å². The predicted octanol–water partition coefficient (Wildman–Crippen LogP) is 6.91. The smallest absolute Gasteiger partial charge is 0.311 e. The molecule has 0 aliphatic heterocycles. The van der Waals surface area contributed by atoms with Crippen LogP contribution in [0.4, 0.5) is 0 Å². The molecule has 0 radical (unpaired) electrons. The van der Waals surface area contributed by atoms with E-state index in [4.69, 9.17) is 4.74 Å². The molecule has 0 aromatic heterocycles. The molecule has 4 aliphatic carbocycles. The number of allylic oxidation sites excluding steroid dienone is 3. The second kappa shape index (κ2) is 8.44. The monoisotopic (exact) mass is 440 g/mol. The predicted molar refractivity (Wildman–Crippen MR) is 129 cm³/mol. The lowest BCUT2D eigenvalue weighted by atomic mass is 9.47. The van der Waals surface area contributed by atoms with E-state index in [2.05, 4.69) is 32.9 Å². The van der Waals surface area contributed by atoms with Gasteiger partial charge < -0.3 is 4.74 Å². The van der Waals surface area contributed by atoms with Crippen molar-refractivity contribution in [3.05, 3.63) is 23.8 Å². The van der Waals surface area contributed by atoms with Crippen LogP contribution in [0.25, 0.3) is 0 Å². The van der Waals surface area contributed by atoms with Crippen LogP contribution in [0.15, 0.2) is 23.8 Å². The fraction of sp³-hybridized carbons (Fsp3) is 0.793. The van der Waals surface area contributed by atoms with Crippen molar-refractivity contribution in [3.8, 4) is 0 Å². The lowest BCUT2D eigenvalue weighted by Gasteiger charge is -2.58. The number of hydrogen-bond donors (Lipinski definition) is 0. The Morgan fingerprint density at radius 1 is 1.12 bits per heavy atom. The van der Waals surface area contributed by atoms with Crippen LogP contribution in [0.3, 0.4) is 0 Å². The molecule has 32 heavy (non-hydrogen) atoms. The first kappa shape index (κ1) is 23.8. The average molecular weight is 441 g/mol. The molecule has 0 aromatic rings. The Labute approximate surface area is 195 Å². The topological polar surface area (TPSA) is 43.4 Å². The van der Waals surface area contributed by atoms with Crippen LogP contribution >= 0.6 is 0 Å². The third-order valence-corrected chi connectivity index (χ3v) is 10.1. The number of fused-ring (bicyclic) bond motifs is 5. The Morgan fingerprint density at radius 2 is 1.88 bits per heavy atom. The van der Waals surface area contributed by atoms with Crippen LogP contribution in [0.5, 0.6) is 0 Å². The molecule has 178 valence electrons. The van der Waals surface area contributed by atoms with Crippen LogP contribution in [-0.2, 0) is 14.3 Å². The summed E-state index contributed by atoms with van der Waals surface area (Å²) in [7, 11) is 0. The first-order valence-electron chi connectivity index (χ1n) is 13.0. The molecular formula is C29H44O3. The van der Waals surface area contributed by atoms with Gasteiger partial charge in [-0.2, -0.15) is 0 Å². The molecule has 8 atom stereocenters. The normalized spacial score (nSPS) is 42.4. The SMILES string of the molecule is C[C@H](C=CC=O)[C@H]1CC[C@H]2[C@@H]3CC=C4C[C@@H](OC(=O)C(C)(C)C)CC[C@]4(C)[C@H]3CC[C@]12C. The Kier molecular flexibility index (Phi) is 6.27. The van der Waals surface area contributed by atoms with Crippen molar-refractivity contribution in [2.75, 3.05) is 0 Å². The number of ether oxygens (including phenoxy) is 1. The second-order valence-electron chi connectivity index (χ2n) is 12.9. The highest BCUT2D eigenvalue weighted by Gasteiger charge is 2.59. The molecular weight excluding hydrogens is 396 g/mol. The number of aldehydes is 1. The molecule has 0 saturated heterocycles. The van der Waals surface area contributed by atoms with E-state index in [1.807, 2.05) is 20.8 Å². The summed E-state index contributed by atoms with van der Waals surface area (Å²) < 4.78 is 5.93. The molecule has 0 aromatic carbocycles. The van der Waals surface area contributed by atoms with Gasteiger partial charge in [0.05, 0.1) is 5.41 Å². The zero-order valence-electron chi connectivity index (χ0n) is 21.2. The quantitative estimate of drug-likeness (QED) is 0.206. The molecule has 4 aliphatic rings. The van der Waals surface area contributed by atoms with Gasteiger partial charge in [0.15, 0.2) is 0 Å². The zero-order valence-corrected chi connectivity index (χ0v) is 21.2. The maximum atomic E-state index is 12.4. The summed E-state index contributed by atoms with van der Waals surface area (Å²) in [5.74, 6) is 3.44. The molecule has 3 saturated carbocycles. The molecule has 0 heterocycles. The molecule has 4 rings (SSSR count). The number of carbonyl (C=O) groups excluding carboxylic acids is 2. The van der Waals surface area contributed by atoms with Gasteiger partial charge in [-0.15, -0.1) is 0 Å². The van der Waals surface area contributed by atoms with Crippen molar-refractivity contribution in [3.63, 3.8) is 0 Å². The van der Waals surface area contributed by atoms with E-state index in [-0.39, 0.29) is 17.5 Å². The average Bonchev–Trinajstić information content (AvgIpc) is 3.09. The Balaban J connectivity index is 1.51. The van der Waals surface area contributed by atoms with Crippen molar-refractivity contribution in [2.45, 2.75) is 99.0 Å². The highest BCUT2D eigenvalue weighted by atomic mass is 16.5. The van der Waals surface area contributed by atoms with Gasteiger partial charge in [-0.3, -0.25) is 9.59 Å². The van der Waals surface area contributed by atoms with Gasteiger partial charge in [0.1, 0.15) is 12.4 Å². The first-order chi connectivity index (χ1) is 15.0. The summed E-state index contributed by atoms with van der Waals surface area (Å²) >= 11 is 0. The number of esters is 1. The zero-order chi connectivity index (χ0) is 23.3. The van der Waals surface area contributed by atoms with Crippen molar-refractivity contribution >= 4 is 12.3 Å². The van der Waals surface area contributed by atoms with E-state index in [0.29, 0.717) is 17.3 Å². The van der Waals surface area contributed by atoms with Gasteiger partial charge in [-0.05, 0) is 112 Å². The second-order valence-corrected chi connectivity index (χ2v) is 12.9. The van der Waals surface area contributed by atoms with Crippen molar-refractivity contribution in [1.29, 1.82) is 0 Å². The largest absolute Gasteiger partial charge is 0.462 e. The van der Waals surface area contributed by atoms with Crippen LogP contribution in [0, 0.1) is 45.8 Å². The van der Waals surface area contributed by atoms with Gasteiger partial charge in [-0.1, -0.05) is 38.5 Å². The molecule has 3 nitrogen and oxygen atoms in total. The third-order valence-electron chi connectivity index (χ3n) is 10.1. The number of rotatable bonds is 4. The van der Waals surface area contributed by atoms with Gasteiger partial charge in [-0.25, -0.2) is 0 Å². The van der Waals surface area contributed by atoms with Crippen molar-refractivity contribution < 1.29 is 14.3 Å². The van der Waals surface area contributed by atoms with Crippen LogP contribution in [0.2, 0.25) is 0 Å². The van der Waals surface area contributed by atoms with Gasteiger partial charge >= 0.3 is 5.97 Å². The number of hydrogen-bond acceptors (Lipinski definition) is 3. The summed E-state index contributed by atoms with van der Waals surface area (Å²) in [5.41, 5.74) is 1.81. The first-order valence-corrected chi connectivity index (χ1v) is 13.0. The minimum Gasteiger partial charge on any atom is -0.462 e. The molecule has 3 fully saturated rings. The Bertz CT molecular complexity index is 802.